The van der Waals surface area contributed by atoms with Gasteiger partial charge < -0.3 is 5.32 Å². The third-order valence-corrected chi connectivity index (χ3v) is 3.58. The predicted octanol–water partition coefficient (Wildman–Crippen LogP) is 2.72. The van der Waals surface area contributed by atoms with E-state index in [9.17, 15) is 0 Å². The van der Waals surface area contributed by atoms with Crippen LogP contribution in [-0.2, 0) is 0 Å². The molecule has 1 aromatic carbocycles. The van der Waals surface area contributed by atoms with Crippen molar-refractivity contribution in [3.8, 4) is 0 Å². The first-order valence-corrected chi connectivity index (χ1v) is 6.93. The Balaban J connectivity index is 1.98. The topological polar surface area (TPSA) is 37.8 Å². The van der Waals surface area contributed by atoms with Crippen LogP contribution in [0.1, 0.15) is 13.3 Å². The number of rotatable bonds is 6. The van der Waals surface area contributed by atoms with Crippen molar-refractivity contribution < 1.29 is 0 Å². The van der Waals surface area contributed by atoms with Crippen LogP contribution < -0.4 is 5.32 Å². The van der Waals surface area contributed by atoms with Gasteiger partial charge in [0.25, 0.3) is 0 Å². The molecule has 0 bridgehead atoms. The maximum atomic E-state index is 4.36. The Morgan fingerprint density at radius 3 is 3.00 bits per heavy atom. The molecule has 0 radical (unpaired) electrons. The number of hydrogen-bond donors (Lipinski definition) is 1. The summed E-state index contributed by atoms with van der Waals surface area (Å²) < 4.78 is 0. The molecular weight excluding hydrogens is 230 g/mol. The second-order valence-corrected chi connectivity index (χ2v) is 4.84. The van der Waals surface area contributed by atoms with E-state index in [2.05, 4.69) is 28.3 Å². The summed E-state index contributed by atoms with van der Waals surface area (Å²) in [5.74, 6) is 1.09. The molecule has 0 aliphatic heterocycles. The lowest BCUT2D eigenvalue weighted by molar-refractivity contribution is 0.707. The minimum atomic E-state index is 1.02. The fourth-order valence-electron chi connectivity index (χ4n) is 1.64. The van der Waals surface area contributed by atoms with E-state index in [4.69, 9.17) is 0 Å². The van der Waals surface area contributed by atoms with E-state index in [0.29, 0.717) is 0 Å². The molecule has 0 saturated carbocycles. The van der Waals surface area contributed by atoms with Gasteiger partial charge in [0.2, 0.25) is 0 Å². The molecule has 2 aromatic rings. The molecule has 0 amide bonds. The normalized spacial score (nSPS) is 10.9. The second kappa shape index (κ2) is 6.57. The molecule has 0 aliphatic carbocycles. The van der Waals surface area contributed by atoms with Crippen molar-refractivity contribution in [2.75, 3.05) is 18.8 Å². The van der Waals surface area contributed by atoms with Crippen LogP contribution in [0.25, 0.3) is 10.9 Å². The zero-order chi connectivity index (χ0) is 11.9. The Labute approximate surface area is 106 Å². The largest absolute Gasteiger partial charge is 0.317 e. The van der Waals surface area contributed by atoms with Crippen LogP contribution in [0.4, 0.5) is 0 Å². The third kappa shape index (κ3) is 3.41. The van der Waals surface area contributed by atoms with Crippen LogP contribution in [0.2, 0.25) is 0 Å². The lowest BCUT2D eigenvalue weighted by Crippen LogP contribution is -2.14. The van der Waals surface area contributed by atoms with Crippen LogP contribution in [0, 0.1) is 0 Å². The van der Waals surface area contributed by atoms with Gasteiger partial charge in [0, 0.05) is 11.1 Å². The number of benzene rings is 1. The zero-order valence-corrected chi connectivity index (χ0v) is 10.8. The molecule has 0 fully saturated rings. The zero-order valence-electron chi connectivity index (χ0n) is 10.0. The minimum absolute atomic E-state index is 1.02. The average molecular weight is 247 g/mol. The van der Waals surface area contributed by atoms with Crippen LogP contribution in [0.3, 0.4) is 0 Å². The van der Waals surface area contributed by atoms with Gasteiger partial charge >= 0.3 is 0 Å². The summed E-state index contributed by atoms with van der Waals surface area (Å²) >= 11 is 1.81. The number of hydrogen-bond acceptors (Lipinski definition) is 4. The SMILES string of the molecule is CCNCCCSc1ncnc2ccccc12. The number of para-hydroxylation sites is 1. The average Bonchev–Trinajstić information content (AvgIpc) is 2.39. The Kier molecular flexibility index (Phi) is 4.76. The second-order valence-electron chi connectivity index (χ2n) is 3.75. The lowest BCUT2D eigenvalue weighted by atomic mass is 10.2. The molecule has 0 aliphatic rings. The predicted molar refractivity (Wildman–Crippen MR) is 73.4 cm³/mol. The van der Waals surface area contributed by atoms with Gasteiger partial charge in [0.15, 0.2) is 0 Å². The summed E-state index contributed by atoms with van der Waals surface area (Å²) in [6.45, 7) is 4.25. The van der Waals surface area contributed by atoms with E-state index in [0.717, 1.165) is 41.2 Å². The fourth-order valence-corrected chi connectivity index (χ4v) is 2.57. The van der Waals surface area contributed by atoms with Crippen molar-refractivity contribution in [1.82, 2.24) is 15.3 Å². The van der Waals surface area contributed by atoms with Gasteiger partial charge in [-0.2, -0.15) is 0 Å². The van der Waals surface area contributed by atoms with Crippen molar-refractivity contribution in [2.24, 2.45) is 0 Å². The molecular formula is C13H17N3S. The van der Waals surface area contributed by atoms with Crippen LogP contribution in [0.5, 0.6) is 0 Å². The van der Waals surface area contributed by atoms with Crippen LogP contribution in [-0.4, -0.2) is 28.8 Å². The van der Waals surface area contributed by atoms with Crippen molar-refractivity contribution in [3.63, 3.8) is 0 Å². The highest BCUT2D eigenvalue weighted by molar-refractivity contribution is 7.99. The van der Waals surface area contributed by atoms with Gasteiger partial charge in [-0.1, -0.05) is 25.1 Å². The summed E-state index contributed by atoms with van der Waals surface area (Å²) in [7, 11) is 0. The first kappa shape index (κ1) is 12.3. The number of nitrogens with zero attached hydrogens (tertiary/aromatic N) is 2. The Bertz CT molecular complexity index is 468. The molecule has 1 heterocycles. The Morgan fingerprint density at radius 2 is 2.12 bits per heavy atom. The molecule has 0 spiro atoms. The summed E-state index contributed by atoms with van der Waals surface area (Å²) in [5.41, 5.74) is 1.02. The minimum Gasteiger partial charge on any atom is -0.317 e. The molecule has 3 nitrogen and oxygen atoms in total. The van der Waals surface area contributed by atoms with Crippen LogP contribution in [0.15, 0.2) is 35.6 Å². The van der Waals surface area contributed by atoms with Gasteiger partial charge in [-0.05, 0) is 25.6 Å². The molecule has 2 rings (SSSR count). The first-order valence-electron chi connectivity index (χ1n) is 5.95. The smallest absolute Gasteiger partial charge is 0.117 e. The molecule has 0 unspecified atom stereocenters. The van der Waals surface area contributed by atoms with Gasteiger partial charge in [0.05, 0.1) is 5.52 Å². The Hall–Kier alpha value is -1.13. The standard InChI is InChI=1S/C13H17N3S/c1-2-14-8-5-9-17-13-11-6-3-4-7-12(11)15-10-16-13/h3-4,6-7,10,14H,2,5,8-9H2,1H3. The fraction of sp³-hybridized carbons (Fsp3) is 0.385. The van der Waals surface area contributed by atoms with Gasteiger partial charge in [-0.15, -0.1) is 11.8 Å². The van der Waals surface area contributed by atoms with E-state index in [-0.39, 0.29) is 0 Å². The van der Waals surface area contributed by atoms with Crippen molar-refractivity contribution in [2.45, 2.75) is 18.4 Å². The van der Waals surface area contributed by atoms with E-state index in [1.54, 1.807) is 6.33 Å². The molecule has 17 heavy (non-hydrogen) atoms. The number of nitrogens with one attached hydrogen (secondary N) is 1. The summed E-state index contributed by atoms with van der Waals surface area (Å²) in [6, 6.07) is 8.16. The highest BCUT2D eigenvalue weighted by Gasteiger charge is 2.02. The van der Waals surface area contributed by atoms with E-state index in [1.165, 1.54) is 0 Å². The van der Waals surface area contributed by atoms with Gasteiger partial charge in [-0.3, -0.25) is 0 Å². The Morgan fingerprint density at radius 1 is 1.24 bits per heavy atom. The first-order chi connectivity index (χ1) is 8.42. The summed E-state index contributed by atoms with van der Waals surface area (Å²) in [6.07, 6.45) is 2.81. The highest BCUT2D eigenvalue weighted by Crippen LogP contribution is 2.24. The maximum Gasteiger partial charge on any atom is 0.117 e. The third-order valence-electron chi connectivity index (χ3n) is 2.49. The quantitative estimate of drug-likeness (QED) is 0.484. The monoisotopic (exact) mass is 247 g/mol. The summed E-state index contributed by atoms with van der Waals surface area (Å²) in [4.78, 5) is 8.62. The number of thioether (sulfide) groups is 1. The van der Waals surface area contributed by atoms with Crippen molar-refractivity contribution in [1.29, 1.82) is 0 Å². The number of fused-ring (bicyclic) bond motifs is 1. The van der Waals surface area contributed by atoms with E-state index in [1.807, 2.05) is 30.0 Å². The van der Waals surface area contributed by atoms with Crippen LogP contribution >= 0.6 is 11.8 Å². The van der Waals surface area contributed by atoms with E-state index < -0.39 is 0 Å². The molecule has 1 N–H and O–H groups in total. The molecule has 4 heteroatoms. The van der Waals surface area contributed by atoms with Gasteiger partial charge in [-0.25, -0.2) is 9.97 Å². The number of aromatic nitrogens is 2. The maximum absolute atomic E-state index is 4.36. The van der Waals surface area contributed by atoms with Gasteiger partial charge in [0.1, 0.15) is 11.4 Å². The molecule has 1 aromatic heterocycles. The van der Waals surface area contributed by atoms with Crippen molar-refractivity contribution in [3.05, 3.63) is 30.6 Å². The molecule has 0 atom stereocenters. The summed E-state index contributed by atoms with van der Waals surface area (Å²) in [5, 5.41) is 5.57. The molecule has 0 saturated heterocycles. The van der Waals surface area contributed by atoms with Crippen molar-refractivity contribution >= 4 is 22.7 Å². The van der Waals surface area contributed by atoms with E-state index >= 15 is 0 Å². The highest BCUT2D eigenvalue weighted by atomic mass is 32.2. The lowest BCUT2D eigenvalue weighted by Gasteiger charge is -2.04. The molecule has 90 valence electrons.